The molecule has 0 radical (unpaired) electrons. The first-order valence-corrected chi connectivity index (χ1v) is 7.36. The second-order valence-corrected chi connectivity index (χ2v) is 5.93. The molecule has 124 valence electrons. The second kappa shape index (κ2) is 6.68. The zero-order chi connectivity index (χ0) is 17.1. The van der Waals surface area contributed by atoms with Gasteiger partial charge in [0.05, 0.1) is 12.2 Å². The molecular weight excluding hydrogens is 300 g/mol. The van der Waals surface area contributed by atoms with Gasteiger partial charge in [0.2, 0.25) is 5.91 Å². The van der Waals surface area contributed by atoms with E-state index in [0.717, 1.165) is 5.56 Å². The number of aliphatic carboxylic acids is 1. The summed E-state index contributed by atoms with van der Waals surface area (Å²) in [5, 5.41) is 11.6. The van der Waals surface area contributed by atoms with Crippen molar-refractivity contribution in [2.45, 2.75) is 26.8 Å². The van der Waals surface area contributed by atoms with E-state index in [1.165, 1.54) is 0 Å². The quantitative estimate of drug-likeness (QED) is 0.619. The summed E-state index contributed by atoms with van der Waals surface area (Å²) >= 11 is 0. The van der Waals surface area contributed by atoms with Crippen molar-refractivity contribution >= 4 is 23.5 Å². The minimum Gasteiger partial charge on any atom is -0.480 e. The maximum atomic E-state index is 12.1. The number of ether oxygens (including phenoxy) is 1. The van der Waals surface area contributed by atoms with Gasteiger partial charge >= 0.3 is 11.9 Å². The van der Waals surface area contributed by atoms with Crippen molar-refractivity contribution in [3.8, 4) is 5.75 Å². The molecule has 1 amide bonds. The molecule has 0 bridgehead atoms. The third-order valence-corrected chi connectivity index (χ3v) is 3.58. The number of nitrogens with zero attached hydrogens (tertiary/aromatic N) is 1. The van der Waals surface area contributed by atoms with Crippen LogP contribution in [-0.4, -0.2) is 42.1 Å². The van der Waals surface area contributed by atoms with Crippen molar-refractivity contribution in [2.24, 2.45) is 5.92 Å². The van der Waals surface area contributed by atoms with Crippen LogP contribution in [0.5, 0.6) is 5.75 Å². The average molecular weight is 320 g/mol. The molecule has 2 rings (SSSR count). The number of carbonyl (C=O) groups is 3. The zero-order valence-electron chi connectivity index (χ0n) is 13.3. The molecule has 1 atom stereocenters. The molecule has 1 aromatic rings. The maximum Gasteiger partial charge on any atom is 0.331 e. The van der Waals surface area contributed by atoms with Gasteiger partial charge in [0.15, 0.2) is 5.75 Å². The lowest BCUT2D eigenvalue weighted by Gasteiger charge is -2.30. The minimum atomic E-state index is -1.08. The second-order valence-electron chi connectivity index (χ2n) is 5.93. The number of carboxylic acids is 1. The molecule has 7 heteroatoms. The van der Waals surface area contributed by atoms with Gasteiger partial charge in [0, 0.05) is 0 Å². The average Bonchev–Trinajstić information content (AvgIpc) is 2.43. The molecule has 1 heterocycles. The van der Waals surface area contributed by atoms with E-state index in [-0.39, 0.29) is 19.0 Å². The van der Waals surface area contributed by atoms with Crippen molar-refractivity contribution in [3.05, 3.63) is 23.8 Å². The summed E-state index contributed by atoms with van der Waals surface area (Å²) in [6.07, 6.45) is 0. The van der Waals surface area contributed by atoms with Crippen molar-refractivity contribution < 1.29 is 24.2 Å². The Morgan fingerprint density at radius 1 is 1.39 bits per heavy atom. The molecule has 0 saturated carbocycles. The van der Waals surface area contributed by atoms with Crippen LogP contribution in [0.2, 0.25) is 0 Å². The fraction of sp³-hybridized carbons (Fsp3) is 0.438. The van der Waals surface area contributed by atoms with E-state index in [9.17, 15) is 14.4 Å². The van der Waals surface area contributed by atoms with Crippen molar-refractivity contribution in [1.82, 2.24) is 5.32 Å². The Bertz CT molecular complexity index is 641. The van der Waals surface area contributed by atoms with Gasteiger partial charge in [-0.2, -0.15) is 0 Å². The molecule has 1 aromatic carbocycles. The number of hydrogen-bond acceptors (Lipinski definition) is 5. The maximum absolute atomic E-state index is 12.1. The van der Waals surface area contributed by atoms with E-state index < -0.39 is 23.9 Å². The Morgan fingerprint density at radius 3 is 2.70 bits per heavy atom. The van der Waals surface area contributed by atoms with Crippen LogP contribution in [0.15, 0.2) is 18.2 Å². The van der Waals surface area contributed by atoms with Crippen LogP contribution in [0.3, 0.4) is 0 Å². The van der Waals surface area contributed by atoms with Gasteiger partial charge in [-0.3, -0.25) is 4.79 Å². The molecule has 0 aromatic heterocycles. The van der Waals surface area contributed by atoms with Crippen molar-refractivity contribution in [3.63, 3.8) is 0 Å². The van der Waals surface area contributed by atoms with E-state index in [4.69, 9.17) is 9.84 Å². The molecular formula is C16H20N2O5. The molecule has 0 spiro atoms. The van der Waals surface area contributed by atoms with Crippen LogP contribution in [0, 0.1) is 12.8 Å². The smallest absolute Gasteiger partial charge is 0.331 e. The largest absolute Gasteiger partial charge is 0.480 e. The van der Waals surface area contributed by atoms with E-state index in [1.54, 1.807) is 30.9 Å². The number of amides is 1. The molecule has 0 saturated heterocycles. The molecule has 1 aliphatic heterocycles. The molecule has 1 unspecified atom stereocenters. The summed E-state index contributed by atoms with van der Waals surface area (Å²) in [6.45, 7) is 5.15. The van der Waals surface area contributed by atoms with E-state index in [0.29, 0.717) is 11.4 Å². The van der Waals surface area contributed by atoms with Gasteiger partial charge in [-0.15, -0.1) is 0 Å². The van der Waals surface area contributed by atoms with Gasteiger partial charge in [-0.1, -0.05) is 19.9 Å². The minimum absolute atomic E-state index is 0.0527. The van der Waals surface area contributed by atoms with Gasteiger partial charge in [-0.25, -0.2) is 9.59 Å². The molecule has 7 nitrogen and oxygen atoms in total. The molecule has 0 aliphatic carbocycles. The highest BCUT2D eigenvalue weighted by Crippen LogP contribution is 2.32. The van der Waals surface area contributed by atoms with Crippen molar-refractivity contribution in [1.29, 1.82) is 0 Å². The Kier molecular flexibility index (Phi) is 4.88. The van der Waals surface area contributed by atoms with Crippen LogP contribution >= 0.6 is 0 Å². The highest BCUT2D eigenvalue weighted by molar-refractivity contribution is 5.91. The monoisotopic (exact) mass is 320 g/mol. The summed E-state index contributed by atoms with van der Waals surface area (Å²) in [4.78, 5) is 36.6. The summed E-state index contributed by atoms with van der Waals surface area (Å²) in [5.74, 6) is -1.81. The van der Waals surface area contributed by atoms with Gasteiger partial charge in [0.1, 0.15) is 12.6 Å². The topological polar surface area (TPSA) is 95.9 Å². The fourth-order valence-corrected chi connectivity index (χ4v) is 2.41. The lowest BCUT2D eigenvalue weighted by atomic mass is 10.0. The van der Waals surface area contributed by atoms with Crippen LogP contribution in [-0.2, 0) is 14.4 Å². The number of rotatable bonds is 5. The lowest BCUT2D eigenvalue weighted by molar-refractivity contribution is -0.143. The van der Waals surface area contributed by atoms with Crippen LogP contribution in [0.4, 0.5) is 5.69 Å². The lowest BCUT2D eigenvalue weighted by Crippen LogP contribution is -2.49. The van der Waals surface area contributed by atoms with Crippen LogP contribution < -0.4 is 15.0 Å². The highest BCUT2D eigenvalue weighted by atomic mass is 16.5. The number of fused-ring (bicyclic) bond motifs is 1. The Labute approximate surface area is 134 Å². The standard InChI is InChI=1S/C16H20N2O5/c1-9(2)15(16(21)22)17-13(19)7-18-8-14(20)23-12-6-10(3)4-5-11(12)18/h4-6,9,15H,7-8H2,1-3H3,(H,17,19)(H,21,22). The van der Waals surface area contributed by atoms with E-state index in [2.05, 4.69) is 5.32 Å². The predicted molar refractivity (Wildman–Crippen MR) is 83.4 cm³/mol. The van der Waals surface area contributed by atoms with Crippen LogP contribution in [0.25, 0.3) is 0 Å². The number of benzene rings is 1. The Balaban J connectivity index is 2.13. The fourth-order valence-electron chi connectivity index (χ4n) is 2.41. The van der Waals surface area contributed by atoms with Gasteiger partial charge in [-0.05, 0) is 30.5 Å². The predicted octanol–water partition coefficient (Wildman–Crippen LogP) is 0.946. The Hall–Kier alpha value is -2.57. The first-order valence-electron chi connectivity index (χ1n) is 7.36. The number of aryl methyl sites for hydroxylation is 1. The van der Waals surface area contributed by atoms with E-state index >= 15 is 0 Å². The summed E-state index contributed by atoms with van der Waals surface area (Å²) in [6, 6.07) is 4.40. The highest BCUT2D eigenvalue weighted by Gasteiger charge is 2.28. The number of nitrogens with one attached hydrogen (secondary N) is 1. The number of hydrogen-bond donors (Lipinski definition) is 2. The van der Waals surface area contributed by atoms with Crippen molar-refractivity contribution in [2.75, 3.05) is 18.0 Å². The summed E-state index contributed by atoms with van der Waals surface area (Å²) < 4.78 is 5.18. The van der Waals surface area contributed by atoms with Gasteiger partial charge in [0.25, 0.3) is 0 Å². The van der Waals surface area contributed by atoms with Crippen LogP contribution in [0.1, 0.15) is 19.4 Å². The van der Waals surface area contributed by atoms with E-state index in [1.807, 2.05) is 13.0 Å². The Morgan fingerprint density at radius 2 is 2.09 bits per heavy atom. The number of anilines is 1. The SMILES string of the molecule is Cc1ccc2c(c1)OC(=O)CN2CC(=O)NC(C(=O)O)C(C)C. The zero-order valence-corrected chi connectivity index (χ0v) is 13.3. The molecule has 2 N–H and O–H groups in total. The molecule has 0 fully saturated rings. The third-order valence-electron chi connectivity index (χ3n) is 3.58. The first-order chi connectivity index (χ1) is 10.8. The van der Waals surface area contributed by atoms with Gasteiger partial charge < -0.3 is 20.1 Å². The number of carboxylic acid groups (broad SMARTS) is 1. The molecule has 23 heavy (non-hydrogen) atoms. The first kappa shape index (κ1) is 16.8. The summed E-state index contributed by atoms with van der Waals surface area (Å²) in [7, 11) is 0. The normalized spacial score (nSPS) is 15.0. The number of esters is 1. The third kappa shape index (κ3) is 4.00. The number of carbonyl (C=O) groups excluding carboxylic acids is 2. The molecule has 1 aliphatic rings. The summed E-state index contributed by atoms with van der Waals surface area (Å²) in [5.41, 5.74) is 1.58.